The third-order valence-electron chi connectivity index (χ3n) is 4.53. The Morgan fingerprint density at radius 3 is 2.88 bits per heavy atom. The highest BCUT2D eigenvalue weighted by Crippen LogP contribution is 2.21. The molecule has 0 unspecified atom stereocenters. The van der Waals surface area contributed by atoms with Crippen LogP contribution >= 0.6 is 0 Å². The molecule has 1 amide bonds. The van der Waals surface area contributed by atoms with E-state index in [2.05, 4.69) is 34.7 Å². The van der Waals surface area contributed by atoms with Crippen molar-refractivity contribution < 1.29 is 4.79 Å². The lowest BCUT2D eigenvalue weighted by Gasteiger charge is -2.13. The number of allylic oxidation sites excluding steroid dienone is 1. The predicted octanol–water partition coefficient (Wildman–Crippen LogP) is 4.75. The van der Waals surface area contributed by atoms with Gasteiger partial charge in [0, 0.05) is 24.1 Å². The number of carbonyl (C=O) groups is 1. The molecule has 2 N–H and O–H groups in total. The van der Waals surface area contributed by atoms with Crippen molar-refractivity contribution in [2.75, 3.05) is 11.9 Å². The lowest BCUT2D eigenvalue weighted by molar-refractivity contribution is 0.0949. The van der Waals surface area contributed by atoms with Gasteiger partial charge in [-0.2, -0.15) is 0 Å². The molecular weight excluding hydrogens is 310 g/mol. The van der Waals surface area contributed by atoms with Gasteiger partial charge in [-0.25, -0.2) is 0 Å². The molecule has 2 aromatic rings. The van der Waals surface area contributed by atoms with Gasteiger partial charge in [0.1, 0.15) is 5.69 Å². The zero-order chi connectivity index (χ0) is 17.5. The standard InChI is InChI=1S/C21H25N3O/c1-16-7-5-6-10-19(16)24-18-12-14-22-20(15-18)21(25)23-13-11-17-8-3-2-4-9-17/h5-8,10,12,14-15H,2-4,9,11,13H2,1H3,(H,22,24)(H,23,25). The van der Waals surface area contributed by atoms with Gasteiger partial charge in [-0.3, -0.25) is 9.78 Å². The van der Waals surface area contributed by atoms with E-state index in [1.807, 2.05) is 24.3 Å². The van der Waals surface area contributed by atoms with Crippen molar-refractivity contribution >= 4 is 17.3 Å². The van der Waals surface area contributed by atoms with E-state index in [1.165, 1.54) is 31.3 Å². The summed E-state index contributed by atoms with van der Waals surface area (Å²) in [7, 11) is 0. The third kappa shape index (κ3) is 4.92. The molecule has 130 valence electrons. The summed E-state index contributed by atoms with van der Waals surface area (Å²) < 4.78 is 0. The van der Waals surface area contributed by atoms with Gasteiger partial charge in [-0.05, 0) is 62.8 Å². The van der Waals surface area contributed by atoms with Crippen molar-refractivity contribution in [3.8, 4) is 0 Å². The summed E-state index contributed by atoms with van der Waals surface area (Å²) in [4.78, 5) is 16.5. The Morgan fingerprint density at radius 2 is 2.08 bits per heavy atom. The average Bonchev–Trinajstić information content (AvgIpc) is 2.65. The van der Waals surface area contributed by atoms with E-state index >= 15 is 0 Å². The van der Waals surface area contributed by atoms with E-state index in [9.17, 15) is 4.79 Å². The number of hydrogen-bond donors (Lipinski definition) is 2. The summed E-state index contributed by atoms with van der Waals surface area (Å²) in [6.45, 7) is 2.72. The highest BCUT2D eigenvalue weighted by molar-refractivity contribution is 5.93. The van der Waals surface area contributed by atoms with Crippen molar-refractivity contribution in [1.82, 2.24) is 10.3 Å². The fourth-order valence-electron chi connectivity index (χ4n) is 3.06. The van der Waals surface area contributed by atoms with Gasteiger partial charge in [0.2, 0.25) is 0 Å². The van der Waals surface area contributed by atoms with E-state index in [-0.39, 0.29) is 5.91 Å². The molecule has 0 saturated carbocycles. The summed E-state index contributed by atoms with van der Waals surface area (Å²) in [5, 5.41) is 6.32. The molecule has 4 heteroatoms. The van der Waals surface area contributed by atoms with Crippen LogP contribution in [0.2, 0.25) is 0 Å². The number of para-hydroxylation sites is 1. The highest BCUT2D eigenvalue weighted by Gasteiger charge is 2.09. The molecule has 1 aliphatic rings. The van der Waals surface area contributed by atoms with Crippen LogP contribution in [0, 0.1) is 6.92 Å². The first-order valence-corrected chi connectivity index (χ1v) is 8.97. The van der Waals surface area contributed by atoms with Gasteiger partial charge >= 0.3 is 0 Å². The number of aromatic nitrogens is 1. The van der Waals surface area contributed by atoms with Crippen LogP contribution in [0.1, 0.15) is 48.2 Å². The number of amides is 1. The molecule has 1 heterocycles. The Kier molecular flexibility index (Phi) is 5.83. The van der Waals surface area contributed by atoms with E-state index < -0.39 is 0 Å². The van der Waals surface area contributed by atoms with Crippen LogP contribution in [-0.4, -0.2) is 17.4 Å². The Morgan fingerprint density at radius 1 is 1.20 bits per heavy atom. The Labute approximate surface area is 149 Å². The molecule has 0 fully saturated rings. The fraction of sp³-hybridized carbons (Fsp3) is 0.333. The number of carbonyl (C=O) groups excluding carboxylic acids is 1. The van der Waals surface area contributed by atoms with Crippen LogP contribution in [0.4, 0.5) is 11.4 Å². The molecule has 0 radical (unpaired) electrons. The second kappa shape index (κ2) is 8.47. The molecule has 1 aliphatic carbocycles. The van der Waals surface area contributed by atoms with Crippen LogP contribution in [0.5, 0.6) is 0 Å². The third-order valence-corrected chi connectivity index (χ3v) is 4.53. The van der Waals surface area contributed by atoms with E-state index in [0.29, 0.717) is 12.2 Å². The van der Waals surface area contributed by atoms with Gasteiger partial charge < -0.3 is 10.6 Å². The molecule has 3 rings (SSSR count). The minimum atomic E-state index is -0.121. The molecule has 0 bridgehead atoms. The first-order valence-electron chi connectivity index (χ1n) is 8.97. The second-order valence-electron chi connectivity index (χ2n) is 6.48. The van der Waals surface area contributed by atoms with Crippen LogP contribution in [0.15, 0.2) is 54.2 Å². The van der Waals surface area contributed by atoms with Crippen molar-refractivity contribution in [2.24, 2.45) is 0 Å². The Hall–Kier alpha value is -2.62. The number of rotatable bonds is 6. The number of nitrogens with one attached hydrogen (secondary N) is 2. The highest BCUT2D eigenvalue weighted by atomic mass is 16.1. The van der Waals surface area contributed by atoms with Crippen LogP contribution < -0.4 is 10.6 Å². The van der Waals surface area contributed by atoms with E-state index in [4.69, 9.17) is 0 Å². The maximum atomic E-state index is 12.3. The summed E-state index contributed by atoms with van der Waals surface area (Å²) in [6, 6.07) is 11.7. The van der Waals surface area contributed by atoms with E-state index in [0.717, 1.165) is 23.4 Å². The van der Waals surface area contributed by atoms with Crippen molar-refractivity contribution in [2.45, 2.75) is 39.0 Å². The number of hydrogen-bond acceptors (Lipinski definition) is 3. The van der Waals surface area contributed by atoms with Crippen LogP contribution in [0.3, 0.4) is 0 Å². The number of benzene rings is 1. The minimum Gasteiger partial charge on any atom is -0.355 e. The summed E-state index contributed by atoms with van der Waals surface area (Å²) in [6.07, 6.45) is 9.84. The number of aryl methyl sites for hydroxylation is 1. The predicted molar refractivity (Wildman–Crippen MR) is 102 cm³/mol. The summed E-state index contributed by atoms with van der Waals surface area (Å²) in [5.41, 5.74) is 4.96. The fourth-order valence-corrected chi connectivity index (χ4v) is 3.06. The van der Waals surface area contributed by atoms with Crippen molar-refractivity contribution in [3.63, 3.8) is 0 Å². The number of pyridine rings is 1. The SMILES string of the molecule is Cc1ccccc1Nc1ccnc(C(=O)NCCC2=CCCCC2)c1. The number of anilines is 2. The largest absolute Gasteiger partial charge is 0.355 e. The first-order chi connectivity index (χ1) is 12.2. The molecular formula is C21H25N3O. The quantitative estimate of drug-likeness (QED) is 0.749. The lowest BCUT2D eigenvalue weighted by Crippen LogP contribution is -2.25. The molecule has 1 aromatic carbocycles. The topological polar surface area (TPSA) is 54.0 Å². The zero-order valence-corrected chi connectivity index (χ0v) is 14.7. The van der Waals surface area contributed by atoms with Crippen molar-refractivity contribution in [3.05, 3.63) is 65.5 Å². The monoisotopic (exact) mass is 335 g/mol. The molecule has 0 spiro atoms. The molecule has 0 atom stereocenters. The molecule has 0 saturated heterocycles. The Balaban J connectivity index is 1.57. The molecule has 0 aliphatic heterocycles. The van der Waals surface area contributed by atoms with Gasteiger partial charge in [0.15, 0.2) is 0 Å². The first kappa shape index (κ1) is 17.2. The lowest BCUT2D eigenvalue weighted by atomic mass is 9.97. The summed E-state index contributed by atoms with van der Waals surface area (Å²) >= 11 is 0. The van der Waals surface area contributed by atoms with Crippen LogP contribution in [-0.2, 0) is 0 Å². The van der Waals surface area contributed by atoms with Gasteiger partial charge in [-0.1, -0.05) is 29.8 Å². The average molecular weight is 335 g/mol. The Bertz CT molecular complexity index is 767. The molecule has 1 aromatic heterocycles. The molecule has 4 nitrogen and oxygen atoms in total. The second-order valence-corrected chi connectivity index (χ2v) is 6.48. The van der Waals surface area contributed by atoms with Gasteiger partial charge in [-0.15, -0.1) is 0 Å². The maximum Gasteiger partial charge on any atom is 0.269 e. The van der Waals surface area contributed by atoms with Crippen LogP contribution in [0.25, 0.3) is 0 Å². The summed E-state index contributed by atoms with van der Waals surface area (Å²) in [5.74, 6) is -0.121. The maximum absolute atomic E-state index is 12.3. The smallest absolute Gasteiger partial charge is 0.269 e. The van der Waals surface area contributed by atoms with Crippen molar-refractivity contribution in [1.29, 1.82) is 0 Å². The van der Waals surface area contributed by atoms with Gasteiger partial charge in [0.25, 0.3) is 5.91 Å². The normalized spacial score (nSPS) is 13.9. The zero-order valence-electron chi connectivity index (χ0n) is 14.7. The molecule has 25 heavy (non-hydrogen) atoms. The van der Waals surface area contributed by atoms with E-state index in [1.54, 1.807) is 12.3 Å². The minimum absolute atomic E-state index is 0.121. The number of nitrogens with zero attached hydrogens (tertiary/aromatic N) is 1. The van der Waals surface area contributed by atoms with Gasteiger partial charge in [0.05, 0.1) is 0 Å².